The van der Waals surface area contributed by atoms with Gasteiger partial charge in [-0.25, -0.2) is 4.79 Å². The molecule has 1 heterocycles. The summed E-state index contributed by atoms with van der Waals surface area (Å²) in [5, 5.41) is 3.56. The SMILES string of the molecule is O=C(Nc1ccc(Cl)cc1Br)N1CCCCCC1. The standard InChI is InChI=1S/C13H16BrClN2O/c14-11-9-10(15)5-6-12(11)16-13(18)17-7-3-1-2-4-8-17/h5-6,9H,1-4,7-8H2,(H,16,18). The first kappa shape index (κ1) is 13.7. The average Bonchev–Trinajstić information content (AvgIpc) is 2.61. The molecule has 1 N–H and O–H groups in total. The van der Waals surface area contributed by atoms with Crippen LogP contribution >= 0.6 is 27.5 Å². The Labute approximate surface area is 121 Å². The van der Waals surface area contributed by atoms with Crippen molar-refractivity contribution >= 4 is 39.2 Å². The lowest BCUT2D eigenvalue weighted by Crippen LogP contribution is -2.35. The van der Waals surface area contributed by atoms with Crippen LogP contribution in [0.1, 0.15) is 25.7 Å². The van der Waals surface area contributed by atoms with Gasteiger partial charge in [-0.1, -0.05) is 24.4 Å². The van der Waals surface area contributed by atoms with E-state index in [1.807, 2.05) is 11.0 Å². The molecule has 1 aliphatic heterocycles. The molecule has 1 fully saturated rings. The molecule has 2 rings (SSSR count). The minimum atomic E-state index is -0.0278. The van der Waals surface area contributed by atoms with Gasteiger partial charge >= 0.3 is 6.03 Å². The topological polar surface area (TPSA) is 32.3 Å². The van der Waals surface area contributed by atoms with E-state index in [0.29, 0.717) is 5.02 Å². The first-order valence-corrected chi connectivity index (χ1v) is 7.35. The molecular weight excluding hydrogens is 316 g/mol. The van der Waals surface area contributed by atoms with Gasteiger partial charge in [0, 0.05) is 22.6 Å². The summed E-state index contributed by atoms with van der Waals surface area (Å²) in [6, 6.07) is 5.33. The molecule has 0 unspecified atom stereocenters. The summed E-state index contributed by atoms with van der Waals surface area (Å²) < 4.78 is 0.804. The Morgan fingerprint density at radius 1 is 1.22 bits per heavy atom. The summed E-state index contributed by atoms with van der Waals surface area (Å²) in [5.74, 6) is 0. The summed E-state index contributed by atoms with van der Waals surface area (Å²) in [6.07, 6.45) is 4.62. The highest BCUT2D eigenvalue weighted by atomic mass is 79.9. The van der Waals surface area contributed by atoms with Crippen LogP contribution in [-0.4, -0.2) is 24.0 Å². The van der Waals surface area contributed by atoms with Crippen molar-refractivity contribution in [2.75, 3.05) is 18.4 Å². The number of hydrogen-bond acceptors (Lipinski definition) is 1. The third kappa shape index (κ3) is 3.62. The smallest absolute Gasteiger partial charge is 0.321 e. The van der Waals surface area contributed by atoms with Crippen LogP contribution in [0.4, 0.5) is 10.5 Å². The number of carbonyl (C=O) groups is 1. The summed E-state index contributed by atoms with van der Waals surface area (Å²) >= 11 is 9.27. The molecular formula is C13H16BrClN2O. The van der Waals surface area contributed by atoms with Crippen molar-refractivity contribution < 1.29 is 4.79 Å². The van der Waals surface area contributed by atoms with Gasteiger partial charge in [0.05, 0.1) is 5.69 Å². The molecule has 1 saturated heterocycles. The van der Waals surface area contributed by atoms with Crippen LogP contribution in [0.15, 0.2) is 22.7 Å². The molecule has 5 heteroatoms. The zero-order valence-corrected chi connectivity index (χ0v) is 12.4. The van der Waals surface area contributed by atoms with E-state index < -0.39 is 0 Å². The molecule has 18 heavy (non-hydrogen) atoms. The number of carbonyl (C=O) groups excluding carboxylic acids is 1. The van der Waals surface area contributed by atoms with Crippen molar-refractivity contribution in [1.82, 2.24) is 4.90 Å². The lowest BCUT2D eigenvalue weighted by Gasteiger charge is -2.21. The third-order valence-corrected chi connectivity index (χ3v) is 3.96. The first-order chi connectivity index (χ1) is 8.66. The second kappa shape index (κ2) is 6.43. The van der Waals surface area contributed by atoms with E-state index in [4.69, 9.17) is 11.6 Å². The monoisotopic (exact) mass is 330 g/mol. The number of rotatable bonds is 1. The van der Waals surface area contributed by atoms with Crippen LogP contribution in [-0.2, 0) is 0 Å². The molecule has 1 aliphatic rings. The van der Waals surface area contributed by atoms with Crippen molar-refractivity contribution in [3.8, 4) is 0 Å². The Balaban J connectivity index is 2.01. The second-order valence-electron chi connectivity index (χ2n) is 4.46. The number of likely N-dealkylation sites (tertiary alicyclic amines) is 1. The summed E-state index contributed by atoms with van der Waals surface area (Å²) in [6.45, 7) is 1.69. The molecule has 2 amide bonds. The molecule has 1 aromatic rings. The minimum Gasteiger partial charge on any atom is -0.325 e. The Morgan fingerprint density at radius 3 is 2.50 bits per heavy atom. The van der Waals surface area contributed by atoms with Gasteiger partial charge in [0.15, 0.2) is 0 Å². The van der Waals surface area contributed by atoms with Crippen molar-refractivity contribution in [3.63, 3.8) is 0 Å². The predicted octanol–water partition coefficient (Wildman–Crippen LogP) is 4.51. The van der Waals surface area contributed by atoms with Crippen molar-refractivity contribution in [1.29, 1.82) is 0 Å². The Bertz CT molecular complexity index is 431. The Morgan fingerprint density at radius 2 is 1.89 bits per heavy atom. The highest BCUT2D eigenvalue weighted by molar-refractivity contribution is 9.10. The number of urea groups is 1. The molecule has 0 spiro atoms. The molecule has 0 atom stereocenters. The fourth-order valence-corrected chi connectivity index (χ4v) is 2.84. The van der Waals surface area contributed by atoms with E-state index in [0.717, 1.165) is 36.1 Å². The molecule has 0 bridgehead atoms. The molecule has 1 aromatic carbocycles. The zero-order valence-electron chi connectivity index (χ0n) is 10.1. The molecule has 0 radical (unpaired) electrons. The number of nitrogens with zero attached hydrogens (tertiary/aromatic N) is 1. The Kier molecular flexibility index (Phi) is 4.89. The first-order valence-electron chi connectivity index (χ1n) is 6.18. The van der Waals surface area contributed by atoms with Crippen LogP contribution in [0, 0.1) is 0 Å². The third-order valence-electron chi connectivity index (χ3n) is 3.07. The van der Waals surface area contributed by atoms with Gasteiger partial charge in [-0.15, -0.1) is 0 Å². The Hall–Kier alpha value is -0.740. The molecule has 0 saturated carbocycles. The predicted molar refractivity (Wildman–Crippen MR) is 78.2 cm³/mol. The maximum absolute atomic E-state index is 12.1. The zero-order chi connectivity index (χ0) is 13.0. The van der Waals surface area contributed by atoms with Crippen LogP contribution in [0.2, 0.25) is 5.02 Å². The lowest BCUT2D eigenvalue weighted by molar-refractivity contribution is 0.214. The fourth-order valence-electron chi connectivity index (χ4n) is 2.06. The van der Waals surface area contributed by atoms with Crippen molar-refractivity contribution in [2.45, 2.75) is 25.7 Å². The van der Waals surface area contributed by atoms with Crippen LogP contribution in [0.5, 0.6) is 0 Å². The number of hydrogen-bond donors (Lipinski definition) is 1. The van der Waals surface area contributed by atoms with Gasteiger partial charge in [0.2, 0.25) is 0 Å². The van der Waals surface area contributed by atoms with Crippen LogP contribution < -0.4 is 5.32 Å². The van der Waals surface area contributed by atoms with Crippen molar-refractivity contribution in [2.24, 2.45) is 0 Å². The van der Waals surface area contributed by atoms with Crippen LogP contribution in [0.3, 0.4) is 0 Å². The lowest BCUT2D eigenvalue weighted by atomic mass is 10.2. The largest absolute Gasteiger partial charge is 0.325 e. The van der Waals surface area contributed by atoms with Gasteiger partial charge in [0.25, 0.3) is 0 Å². The van der Waals surface area contributed by atoms with E-state index in [1.165, 1.54) is 12.8 Å². The molecule has 0 aromatic heterocycles. The maximum Gasteiger partial charge on any atom is 0.321 e. The van der Waals surface area contributed by atoms with E-state index in [2.05, 4.69) is 21.2 Å². The van der Waals surface area contributed by atoms with Crippen LogP contribution in [0.25, 0.3) is 0 Å². The summed E-state index contributed by atoms with van der Waals surface area (Å²) in [4.78, 5) is 14.0. The fraction of sp³-hybridized carbons (Fsp3) is 0.462. The van der Waals surface area contributed by atoms with Gasteiger partial charge < -0.3 is 10.2 Å². The van der Waals surface area contributed by atoms with Crippen molar-refractivity contribution in [3.05, 3.63) is 27.7 Å². The quantitative estimate of drug-likeness (QED) is 0.806. The average molecular weight is 332 g/mol. The van der Waals surface area contributed by atoms with E-state index in [9.17, 15) is 4.79 Å². The summed E-state index contributed by atoms with van der Waals surface area (Å²) in [7, 11) is 0. The number of nitrogens with one attached hydrogen (secondary N) is 1. The molecule has 3 nitrogen and oxygen atoms in total. The number of halogens is 2. The summed E-state index contributed by atoms with van der Waals surface area (Å²) in [5.41, 5.74) is 0.758. The second-order valence-corrected chi connectivity index (χ2v) is 5.75. The van der Waals surface area contributed by atoms with Gasteiger partial charge in [-0.3, -0.25) is 0 Å². The maximum atomic E-state index is 12.1. The van der Waals surface area contributed by atoms with E-state index in [-0.39, 0.29) is 6.03 Å². The minimum absolute atomic E-state index is 0.0278. The highest BCUT2D eigenvalue weighted by Gasteiger charge is 2.16. The normalized spacial score (nSPS) is 16.2. The number of anilines is 1. The number of benzene rings is 1. The molecule has 98 valence electrons. The van der Waals surface area contributed by atoms with Gasteiger partial charge in [0.1, 0.15) is 0 Å². The van der Waals surface area contributed by atoms with Gasteiger partial charge in [-0.05, 0) is 47.0 Å². The van der Waals surface area contributed by atoms with Gasteiger partial charge in [-0.2, -0.15) is 0 Å². The number of amides is 2. The van der Waals surface area contributed by atoms with E-state index >= 15 is 0 Å². The van der Waals surface area contributed by atoms with E-state index in [1.54, 1.807) is 12.1 Å². The highest BCUT2D eigenvalue weighted by Crippen LogP contribution is 2.26. The molecule has 0 aliphatic carbocycles.